The predicted octanol–water partition coefficient (Wildman–Crippen LogP) is 2.89. The number of aryl methyl sites for hydroxylation is 1. The van der Waals surface area contributed by atoms with Crippen LogP contribution in [0, 0.1) is 17.6 Å². The van der Waals surface area contributed by atoms with Gasteiger partial charge >= 0.3 is 0 Å². The Kier molecular flexibility index (Phi) is 3.98. The number of rotatable bonds is 4. The van der Waals surface area contributed by atoms with Gasteiger partial charge in [0.25, 0.3) is 0 Å². The van der Waals surface area contributed by atoms with Crippen molar-refractivity contribution in [1.29, 1.82) is 0 Å². The maximum Gasteiger partial charge on any atom is 0.228 e. The van der Waals surface area contributed by atoms with Crippen molar-refractivity contribution in [2.75, 3.05) is 5.32 Å². The molecule has 0 saturated heterocycles. The molecule has 3 rings (SSSR count). The molecule has 2 aromatic rings. The van der Waals surface area contributed by atoms with Crippen LogP contribution >= 0.6 is 0 Å². The molecular weight excluding hydrogens is 302 g/mol. The molecule has 1 fully saturated rings. The fraction of sp³-hybridized carbons (Fsp3) is 0.294. The summed E-state index contributed by atoms with van der Waals surface area (Å²) in [4.78, 5) is 24.0. The maximum absolute atomic E-state index is 13.3. The van der Waals surface area contributed by atoms with Crippen molar-refractivity contribution in [1.82, 2.24) is 4.57 Å². The third-order valence-corrected chi connectivity index (χ3v) is 4.10. The molecule has 0 spiro atoms. The van der Waals surface area contributed by atoms with Crippen LogP contribution in [0.2, 0.25) is 0 Å². The lowest BCUT2D eigenvalue weighted by Gasteiger charge is -2.08. The Morgan fingerprint density at radius 2 is 2.09 bits per heavy atom. The van der Waals surface area contributed by atoms with Crippen LogP contribution < -0.4 is 10.7 Å². The van der Waals surface area contributed by atoms with Crippen molar-refractivity contribution < 1.29 is 13.6 Å². The van der Waals surface area contributed by atoms with Crippen LogP contribution in [0.5, 0.6) is 0 Å². The lowest BCUT2D eigenvalue weighted by molar-refractivity contribution is -0.117. The van der Waals surface area contributed by atoms with E-state index >= 15 is 0 Å². The third-order valence-electron chi connectivity index (χ3n) is 4.10. The molecule has 1 aliphatic rings. The van der Waals surface area contributed by atoms with Gasteiger partial charge in [-0.05, 0) is 37.0 Å². The van der Waals surface area contributed by atoms with Crippen LogP contribution in [-0.4, -0.2) is 10.5 Å². The molecule has 1 N–H and O–H groups in total. The number of nitrogens with zero attached hydrogens (tertiary/aromatic N) is 1. The van der Waals surface area contributed by atoms with Crippen LogP contribution in [0.25, 0.3) is 0 Å². The Morgan fingerprint density at radius 3 is 2.78 bits per heavy atom. The lowest BCUT2D eigenvalue weighted by atomic mass is 10.1. The summed E-state index contributed by atoms with van der Waals surface area (Å²) in [5.74, 6) is -2.55. The number of nitrogens with one attached hydrogen (secondary N) is 1. The van der Waals surface area contributed by atoms with E-state index in [1.54, 1.807) is 17.0 Å². The standard InChI is InChI=1S/C17H16F2N2O2/c1-2-21-6-5-16(22)15(9-21)20-17(23)12-8-11(12)10-3-4-13(18)14(19)7-10/h3-7,9,11-12H,2,8H2,1H3,(H,20,23). The quantitative estimate of drug-likeness (QED) is 0.942. The Labute approximate surface area is 131 Å². The molecule has 1 aliphatic carbocycles. The largest absolute Gasteiger partial charge is 0.352 e. The average molecular weight is 318 g/mol. The van der Waals surface area contributed by atoms with E-state index in [1.807, 2.05) is 6.92 Å². The van der Waals surface area contributed by atoms with E-state index in [9.17, 15) is 18.4 Å². The Hall–Kier alpha value is -2.50. The number of hydrogen-bond acceptors (Lipinski definition) is 2. The van der Waals surface area contributed by atoms with Gasteiger partial charge in [0.1, 0.15) is 5.69 Å². The van der Waals surface area contributed by atoms with Gasteiger partial charge in [0.15, 0.2) is 11.6 Å². The molecular formula is C17H16F2N2O2. The van der Waals surface area contributed by atoms with Crippen molar-refractivity contribution in [2.24, 2.45) is 5.92 Å². The van der Waals surface area contributed by atoms with Crippen LogP contribution in [-0.2, 0) is 11.3 Å². The third kappa shape index (κ3) is 3.16. The summed E-state index contributed by atoms with van der Waals surface area (Å²) in [6, 6.07) is 5.08. The van der Waals surface area contributed by atoms with Crippen molar-refractivity contribution in [3.05, 3.63) is 64.1 Å². The number of carbonyl (C=O) groups is 1. The fourth-order valence-corrected chi connectivity index (χ4v) is 2.64. The van der Waals surface area contributed by atoms with E-state index < -0.39 is 11.6 Å². The van der Waals surface area contributed by atoms with Gasteiger partial charge < -0.3 is 9.88 Å². The first-order valence-electron chi connectivity index (χ1n) is 7.45. The van der Waals surface area contributed by atoms with Crippen LogP contribution in [0.15, 0.2) is 41.5 Å². The van der Waals surface area contributed by atoms with Crippen molar-refractivity contribution in [3.63, 3.8) is 0 Å². The van der Waals surface area contributed by atoms with Gasteiger partial charge in [0.2, 0.25) is 11.3 Å². The monoisotopic (exact) mass is 318 g/mol. The molecule has 6 heteroatoms. The number of halogens is 2. The number of benzene rings is 1. The Morgan fingerprint density at radius 1 is 1.30 bits per heavy atom. The molecule has 1 heterocycles. The Bertz CT molecular complexity index is 816. The van der Waals surface area contributed by atoms with Gasteiger partial charge in [-0.3, -0.25) is 9.59 Å². The molecule has 1 saturated carbocycles. The molecule has 1 aromatic carbocycles. The van der Waals surface area contributed by atoms with E-state index in [2.05, 4.69) is 5.32 Å². The van der Waals surface area contributed by atoms with E-state index in [4.69, 9.17) is 0 Å². The number of aromatic nitrogens is 1. The summed E-state index contributed by atoms with van der Waals surface area (Å²) in [6.07, 6.45) is 3.81. The van der Waals surface area contributed by atoms with Crippen molar-refractivity contribution in [3.8, 4) is 0 Å². The van der Waals surface area contributed by atoms with Gasteiger partial charge in [0.05, 0.1) is 0 Å². The highest BCUT2D eigenvalue weighted by molar-refractivity contribution is 5.95. The second-order valence-electron chi connectivity index (χ2n) is 5.66. The minimum atomic E-state index is -0.914. The second kappa shape index (κ2) is 5.95. The van der Waals surface area contributed by atoms with Crippen LogP contribution in [0.1, 0.15) is 24.8 Å². The van der Waals surface area contributed by atoms with E-state index in [-0.39, 0.29) is 28.9 Å². The fourth-order valence-electron chi connectivity index (χ4n) is 2.64. The molecule has 1 amide bonds. The number of carbonyl (C=O) groups excluding carboxylic acids is 1. The van der Waals surface area contributed by atoms with Crippen molar-refractivity contribution in [2.45, 2.75) is 25.8 Å². The number of hydrogen-bond donors (Lipinski definition) is 1. The first kappa shape index (κ1) is 15.4. The summed E-state index contributed by atoms with van der Waals surface area (Å²) < 4.78 is 28.0. The summed E-state index contributed by atoms with van der Waals surface area (Å²) in [5, 5.41) is 2.63. The van der Waals surface area contributed by atoms with Gasteiger partial charge in [-0.15, -0.1) is 0 Å². The number of pyridine rings is 1. The zero-order valence-electron chi connectivity index (χ0n) is 12.6. The molecule has 0 aliphatic heterocycles. The summed E-state index contributed by atoms with van der Waals surface area (Å²) in [6.45, 7) is 2.61. The normalized spacial score (nSPS) is 19.4. The number of amides is 1. The molecule has 0 bridgehead atoms. The first-order valence-corrected chi connectivity index (χ1v) is 7.45. The molecule has 1 aromatic heterocycles. The smallest absolute Gasteiger partial charge is 0.228 e. The van der Waals surface area contributed by atoms with E-state index in [1.165, 1.54) is 12.1 Å². The number of anilines is 1. The van der Waals surface area contributed by atoms with Crippen LogP contribution in [0.4, 0.5) is 14.5 Å². The molecule has 23 heavy (non-hydrogen) atoms. The summed E-state index contributed by atoms with van der Waals surface area (Å²) >= 11 is 0. The highest BCUT2D eigenvalue weighted by Gasteiger charge is 2.44. The highest BCUT2D eigenvalue weighted by Crippen LogP contribution is 2.48. The highest BCUT2D eigenvalue weighted by atomic mass is 19.2. The maximum atomic E-state index is 13.3. The lowest BCUT2D eigenvalue weighted by Crippen LogP contribution is -2.21. The molecule has 4 nitrogen and oxygen atoms in total. The second-order valence-corrected chi connectivity index (χ2v) is 5.66. The SMILES string of the molecule is CCn1ccc(=O)c(NC(=O)C2CC2c2ccc(F)c(F)c2)c1. The van der Waals surface area contributed by atoms with Gasteiger partial charge in [-0.25, -0.2) is 8.78 Å². The minimum absolute atomic E-state index is 0.137. The van der Waals surface area contributed by atoms with Crippen LogP contribution in [0.3, 0.4) is 0 Å². The summed E-state index contributed by atoms with van der Waals surface area (Å²) in [7, 11) is 0. The zero-order valence-corrected chi connectivity index (χ0v) is 12.6. The van der Waals surface area contributed by atoms with Gasteiger partial charge in [0, 0.05) is 30.9 Å². The summed E-state index contributed by atoms with van der Waals surface area (Å²) in [5.41, 5.74) is 0.575. The Balaban J connectivity index is 1.71. The molecule has 0 radical (unpaired) electrons. The minimum Gasteiger partial charge on any atom is -0.352 e. The zero-order chi connectivity index (χ0) is 16.6. The molecule has 2 unspecified atom stereocenters. The van der Waals surface area contributed by atoms with Crippen molar-refractivity contribution >= 4 is 11.6 Å². The molecule has 120 valence electrons. The van der Waals surface area contributed by atoms with Gasteiger partial charge in [-0.2, -0.15) is 0 Å². The van der Waals surface area contributed by atoms with Gasteiger partial charge in [-0.1, -0.05) is 6.07 Å². The topological polar surface area (TPSA) is 51.1 Å². The average Bonchev–Trinajstić information content (AvgIpc) is 3.33. The van der Waals surface area contributed by atoms with E-state index in [0.29, 0.717) is 18.5 Å². The first-order chi connectivity index (χ1) is 11.0. The molecule has 2 atom stereocenters. The predicted molar refractivity (Wildman–Crippen MR) is 82.2 cm³/mol. The van der Waals surface area contributed by atoms with E-state index in [0.717, 1.165) is 12.1 Å².